The van der Waals surface area contributed by atoms with Crippen molar-refractivity contribution in [3.8, 4) is 0 Å². The van der Waals surface area contributed by atoms with Gasteiger partial charge in [-0.1, -0.05) is 6.42 Å². The van der Waals surface area contributed by atoms with Gasteiger partial charge in [0.25, 0.3) is 0 Å². The zero-order chi connectivity index (χ0) is 15.7. The Kier molecular flexibility index (Phi) is 7.56. The lowest BCUT2D eigenvalue weighted by Gasteiger charge is -2.31. The maximum Gasteiger partial charge on any atom is 0.317 e. The van der Waals surface area contributed by atoms with Crippen LogP contribution in [0.2, 0.25) is 0 Å². The summed E-state index contributed by atoms with van der Waals surface area (Å²) in [6, 6.07) is -0.0939. The summed E-state index contributed by atoms with van der Waals surface area (Å²) < 4.78 is 0. The van der Waals surface area contributed by atoms with Gasteiger partial charge in [-0.25, -0.2) is 4.79 Å². The largest absolute Gasteiger partial charge is 0.481 e. The molecule has 7 nitrogen and oxygen atoms in total. The molecule has 0 aliphatic carbocycles. The molecule has 3 N–H and O–H groups in total. The van der Waals surface area contributed by atoms with E-state index in [-0.39, 0.29) is 24.3 Å². The molecular weight excluding hydrogens is 274 g/mol. The van der Waals surface area contributed by atoms with Crippen molar-refractivity contribution in [3.05, 3.63) is 0 Å². The van der Waals surface area contributed by atoms with E-state index in [9.17, 15) is 14.4 Å². The summed E-state index contributed by atoms with van der Waals surface area (Å²) in [5.41, 5.74) is 0. The van der Waals surface area contributed by atoms with Gasteiger partial charge in [0.2, 0.25) is 5.91 Å². The lowest BCUT2D eigenvalue weighted by atomic mass is 9.96. The lowest BCUT2D eigenvalue weighted by Crippen LogP contribution is -2.46. The van der Waals surface area contributed by atoms with Gasteiger partial charge in [0.1, 0.15) is 0 Å². The molecule has 0 spiro atoms. The molecule has 21 heavy (non-hydrogen) atoms. The summed E-state index contributed by atoms with van der Waals surface area (Å²) >= 11 is 0. The molecule has 0 aromatic carbocycles. The number of hydrogen-bond acceptors (Lipinski definition) is 3. The Bertz CT molecular complexity index is 365. The minimum Gasteiger partial charge on any atom is -0.481 e. The van der Waals surface area contributed by atoms with Crippen LogP contribution in [-0.4, -0.2) is 54.6 Å². The molecule has 0 aromatic rings. The first-order chi connectivity index (χ1) is 10.0. The van der Waals surface area contributed by atoms with E-state index in [1.807, 2.05) is 0 Å². The predicted molar refractivity (Wildman–Crippen MR) is 77.9 cm³/mol. The molecule has 3 amide bonds. The van der Waals surface area contributed by atoms with Crippen molar-refractivity contribution >= 4 is 17.9 Å². The van der Waals surface area contributed by atoms with E-state index in [1.54, 1.807) is 11.9 Å². The van der Waals surface area contributed by atoms with Gasteiger partial charge in [-0.3, -0.25) is 9.59 Å². The Hall–Kier alpha value is -1.79. The fourth-order valence-electron chi connectivity index (χ4n) is 2.43. The molecule has 1 aliphatic rings. The third kappa shape index (κ3) is 6.46. The zero-order valence-corrected chi connectivity index (χ0v) is 12.6. The van der Waals surface area contributed by atoms with Crippen LogP contribution in [0.25, 0.3) is 0 Å². The molecule has 0 radical (unpaired) electrons. The van der Waals surface area contributed by atoms with Gasteiger partial charge in [-0.05, 0) is 25.7 Å². The number of carboxylic acids is 1. The van der Waals surface area contributed by atoms with E-state index in [0.717, 1.165) is 12.8 Å². The lowest BCUT2D eigenvalue weighted by molar-refractivity contribution is -0.137. The molecule has 1 aliphatic heterocycles. The van der Waals surface area contributed by atoms with Crippen LogP contribution in [0, 0.1) is 5.92 Å². The highest BCUT2D eigenvalue weighted by molar-refractivity contribution is 5.79. The zero-order valence-electron chi connectivity index (χ0n) is 12.6. The van der Waals surface area contributed by atoms with Gasteiger partial charge < -0.3 is 20.6 Å². The SMILES string of the molecule is CNC(=O)C1CCN(C(=O)NCCCCCC(=O)O)CC1. The molecule has 0 atom stereocenters. The van der Waals surface area contributed by atoms with Crippen molar-refractivity contribution in [2.24, 2.45) is 5.92 Å². The van der Waals surface area contributed by atoms with Crippen molar-refractivity contribution < 1.29 is 19.5 Å². The van der Waals surface area contributed by atoms with E-state index in [0.29, 0.717) is 38.9 Å². The van der Waals surface area contributed by atoms with Crippen molar-refractivity contribution in [3.63, 3.8) is 0 Å². The number of piperidine rings is 1. The Morgan fingerprint density at radius 1 is 1.14 bits per heavy atom. The van der Waals surface area contributed by atoms with Crippen LogP contribution < -0.4 is 10.6 Å². The molecule has 0 saturated carbocycles. The number of nitrogens with zero attached hydrogens (tertiary/aromatic N) is 1. The monoisotopic (exact) mass is 299 g/mol. The van der Waals surface area contributed by atoms with Crippen LogP contribution in [0.3, 0.4) is 0 Å². The normalized spacial score (nSPS) is 15.6. The topological polar surface area (TPSA) is 98.7 Å². The van der Waals surface area contributed by atoms with Crippen LogP contribution in [0.4, 0.5) is 4.79 Å². The molecule has 0 unspecified atom stereocenters. The Balaban J connectivity index is 2.11. The molecule has 1 saturated heterocycles. The highest BCUT2D eigenvalue weighted by Crippen LogP contribution is 2.17. The molecular formula is C14H25N3O4. The van der Waals surface area contributed by atoms with Crippen molar-refractivity contribution in [2.45, 2.75) is 38.5 Å². The molecule has 0 aromatic heterocycles. The molecule has 120 valence electrons. The van der Waals surface area contributed by atoms with Gasteiger partial charge in [0, 0.05) is 39.0 Å². The number of aliphatic carboxylic acids is 1. The third-order valence-corrected chi connectivity index (χ3v) is 3.74. The third-order valence-electron chi connectivity index (χ3n) is 3.74. The maximum atomic E-state index is 11.9. The van der Waals surface area contributed by atoms with Crippen molar-refractivity contribution in [1.82, 2.24) is 15.5 Å². The van der Waals surface area contributed by atoms with Crippen LogP contribution >= 0.6 is 0 Å². The van der Waals surface area contributed by atoms with Crippen molar-refractivity contribution in [2.75, 3.05) is 26.7 Å². The summed E-state index contributed by atoms with van der Waals surface area (Å²) in [5, 5.41) is 14.0. The fourth-order valence-corrected chi connectivity index (χ4v) is 2.43. The second kappa shape index (κ2) is 9.20. The summed E-state index contributed by atoms with van der Waals surface area (Å²) in [6.07, 6.45) is 3.81. The summed E-state index contributed by atoms with van der Waals surface area (Å²) in [5.74, 6) is -0.721. The molecule has 0 bridgehead atoms. The molecule has 1 rings (SSSR count). The summed E-state index contributed by atoms with van der Waals surface area (Å²) in [6.45, 7) is 1.76. The average Bonchev–Trinajstić information content (AvgIpc) is 2.49. The van der Waals surface area contributed by atoms with E-state index in [4.69, 9.17) is 5.11 Å². The van der Waals surface area contributed by atoms with Gasteiger partial charge in [-0.15, -0.1) is 0 Å². The Morgan fingerprint density at radius 2 is 1.81 bits per heavy atom. The second-order valence-electron chi connectivity index (χ2n) is 5.31. The molecule has 7 heteroatoms. The highest BCUT2D eigenvalue weighted by atomic mass is 16.4. The van der Waals surface area contributed by atoms with Crippen LogP contribution in [0.15, 0.2) is 0 Å². The van der Waals surface area contributed by atoms with Crippen LogP contribution in [0.5, 0.6) is 0 Å². The molecule has 1 heterocycles. The van der Waals surface area contributed by atoms with E-state index in [2.05, 4.69) is 10.6 Å². The Morgan fingerprint density at radius 3 is 2.38 bits per heavy atom. The van der Waals surface area contributed by atoms with E-state index < -0.39 is 5.97 Å². The first-order valence-electron chi connectivity index (χ1n) is 7.50. The minimum absolute atomic E-state index is 0.00932. The number of unbranched alkanes of at least 4 members (excludes halogenated alkanes) is 2. The van der Waals surface area contributed by atoms with E-state index >= 15 is 0 Å². The number of hydrogen-bond donors (Lipinski definition) is 3. The first kappa shape index (κ1) is 17.3. The standard InChI is InChI=1S/C14H25N3O4/c1-15-13(20)11-6-9-17(10-7-11)14(21)16-8-4-2-3-5-12(18)19/h11H,2-10H2,1H3,(H,15,20)(H,16,21)(H,18,19). The summed E-state index contributed by atoms with van der Waals surface area (Å²) in [4.78, 5) is 35.5. The number of carbonyl (C=O) groups is 3. The number of rotatable bonds is 7. The van der Waals surface area contributed by atoms with Crippen LogP contribution in [-0.2, 0) is 9.59 Å². The number of nitrogens with one attached hydrogen (secondary N) is 2. The summed E-state index contributed by atoms with van der Waals surface area (Å²) in [7, 11) is 1.63. The number of carboxylic acid groups (broad SMARTS) is 1. The Labute approximate surface area is 125 Å². The number of urea groups is 1. The first-order valence-corrected chi connectivity index (χ1v) is 7.50. The molecule has 1 fully saturated rings. The van der Waals surface area contributed by atoms with Gasteiger partial charge in [0.15, 0.2) is 0 Å². The smallest absolute Gasteiger partial charge is 0.317 e. The minimum atomic E-state index is -0.780. The average molecular weight is 299 g/mol. The second-order valence-corrected chi connectivity index (χ2v) is 5.31. The van der Waals surface area contributed by atoms with Crippen molar-refractivity contribution in [1.29, 1.82) is 0 Å². The highest BCUT2D eigenvalue weighted by Gasteiger charge is 2.26. The maximum absolute atomic E-state index is 11.9. The van der Waals surface area contributed by atoms with Crippen LogP contribution in [0.1, 0.15) is 38.5 Å². The quantitative estimate of drug-likeness (QED) is 0.605. The number of likely N-dealkylation sites (tertiary alicyclic amines) is 1. The predicted octanol–water partition coefficient (Wildman–Crippen LogP) is 0.799. The number of amides is 3. The fraction of sp³-hybridized carbons (Fsp3) is 0.786. The van der Waals surface area contributed by atoms with Gasteiger partial charge in [0.05, 0.1) is 0 Å². The van der Waals surface area contributed by atoms with E-state index in [1.165, 1.54) is 0 Å². The van der Waals surface area contributed by atoms with Gasteiger partial charge in [-0.2, -0.15) is 0 Å². The number of carbonyl (C=O) groups excluding carboxylic acids is 2. The van der Waals surface area contributed by atoms with Gasteiger partial charge >= 0.3 is 12.0 Å².